The molecule has 5 heteroatoms. The molecule has 1 heterocycles. The van der Waals surface area contributed by atoms with Gasteiger partial charge in [0.1, 0.15) is 0 Å². The number of thiol groups is 1. The summed E-state index contributed by atoms with van der Waals surface area (Å²) in [4.78, 5) is 3.81. The molecule has 0 spiro atoms. The molecule has 0 aliphatic heterocycles. The van der Waals surface area contributed by atoms with E-state index in [0.717, 1.165) is 18.3 Å². The molecule has 1 nitrogen and oxygen atoms in total. The number of aromatic nitrogens is 1. The smallest absolute Gasteiger partial charge is 0.257 e. The first-order chi connectivity index (χ1) is 7.04. The highest BCUT2D eigenvalue weighted by Gasteiger charge is 2.30. The van der Waals surface area contributed by atoms with E-state index < -0.39 is 11.7 Å². The van der Waals surface area contributed by atoms with Crippen molar-refractivity contribution in [2.24, 2.45) is 0 Å². The largest absolute Gasteiger partial charge is 0.416 e. The Bertz CT molecular complexity index is 347. The third-order valence-electron chi connectivity index (χ3n) is 1.69. The Labute approximate surface area is 91.4 Å². The predicted molar refractivity (Wildman–Crippen MR) is 56.7 cm³/mol. The Kier molecular flexibility index (Phi) is 4.20. The standard InChI is InChI=1S/C10H10F3NS/c11-10(12,13)8-4-5-14-9(7-8)3-1-2-6-15/h1,3-5,7,15H,2,6H2. The molecule has 15 heavy (non-hydrogen) atoms. The van der Waals surface area contributed by atoms with Crippen LogP contribution in [0.25, 0.3) is 6.08 Å². The molecular weight excluding hydrogens is 223 g/mol. The van der Waals surface area contributed by atoms with E-state index in [9.17, 15) is 13.2 Å². The van der Waals surface area contributed by atoms with Gasteiger partial charge in [0, 0.05) is 6.20 Å². The summed E-state index contributed by atoms with van der Waals surface area (Å²) in [5.74, 6) is 0.662. The number of halogens is 3. The lowest BCUT2D eigenvalue weighted by Crippen LogP contribution is -2.05. The Balaban J connectivity index is 2.84. The van der Waals surface area contributed by atoms with Gasteiger partial charge >= 0.3 is 6.18 Å². The molecule has 1 aromatic heterocycles. The monoisotopic (exact) mass is 233 g/mol. The van der Waals surface area contributed by atoms with E-state index in [1.807, 2.05) is 0 Å². The molecule has 0 saturated carbocycles. The van der Waals surface area contributed by atoms with Crippen LogP contribution < -0.4 is 0 Å². The highest BCUT2D eigenvalue weighted by molar-refractivity contribution is 7.80. The van der Waals surface area contributed by atoms with E-state index in [0.29, 0.717) is 17.9 Å². The van der Waals surface area contributed by atoms with Crippen LogP contribution in [-0.2, 0) is 6.18 Å². The van der Waals surface area contributed by atoms with Crippen molar-refractivity contribution in [3.8, 4) is 0 Å². The van der Waals surface area contributed by atoms with Gasteiger partial charge in [-0.15, -0.1) is 0 Å². The summed E-state index contributed by atoms with van der Waals surface area (Å²) < 4.78 is 36.9. The Morgan fingerprint density at radius 2 is 2.13 bits per heavy atom. The molecule has 0 bridgehead atoms. The number of hydrogen-bond acceptors (Lipinski definition) is 2. The zero-order valence-electron chi connectivity index (χ0n) is 7.83. The molecule has 0 atom stereocenters. The maximum Gasteiger partial charge on any atom is 0.416 e. The van der Waals surface area contributed by atoms with Crippen molar-refractivity contribution < 1.29 is 13.2 Å². The molecule has 0 unspecified atom stereocenters. The van der Waals surface area contributed by atoms with Gasteiger partial charge in [-0.25, -0.2) is 0 Å². The minimum atomic E-state index is -4.31. The fourth-order valence-electron chi connectivity index (χ4n) is 0.994. The lowest BCUT2D eigenvalue weighted by molar-refractivity contribution is -0.137. The van der Waals surface area contributed by atoms with Gasteiger partial charge in [0.25, 0.3) is 0 Å². The van der Waals surface area contributed by atoms with Gasteiger partial charge in [-0.2, -0.15) is 25.8 Å². The molecule has 82 valence electrons. The first-order valence-corrected chi connectivity index (χ1v) is 4.98. The molecular formula is C10H10F3NS. The molecule has 0 amide bonds. The zero-order valence-corrected chi connectivity index (χ0v) is 8.72. The van der Waals surface area contributed by atoms with Gasteiger partial charge in [-0.1, -0.05) is 6.08 Å². The first kappa shape index (κ1) is 12.1. The van der Waals surface area contributed by atoms with Gasteiger partial charge in [0.15, 0.2) is 0 Å². The minimum Gasteiger partial charge on any atom is -0.257 e. The van der Waals surface area contributed by atoms with Crippen LogP contribution in [0, 0.1) is 0 Å². The van der Waals surface area contributed by atoms with E-state index in [2.05, 4.69) is 17.6 Å². The summed E-state index contributed by atoms with van der Waals surface area (Å²) >= 11 is 3.98. The number of hydrogen-bond donors (Lipinski definition) is 1. The fourth-order valence-corrected chi connectivity index (χ4v) is 1.14. The molecule has 0 saturated heterocycles. The van der Waals surface area contributed by atoms with E-state index in [-0.39, 0.29) is 0 Å². The van der Waals surface area contributed by atoms with Crippen molar-refractivity contribution >= 4 is 18.7 Å². The van der Waals surface area contributed by atoms with Crippen LogP contribution in [0.1, 0.15) is 17.7 Å². The highest BCUT2D eigenvalue weighted by atomic mass is 32.1. The van der Waals surface area contributed by atoms with Crippen molar-refractivity contribution in [1.29, 1.82) is 0 Å². The second kappa shape index (κ2) is 5.21. The Morgan fingerprint density at radius 3 is 2.73 bits per heavy atom. The Morgan fingerprint density at radius 1 is 1.40 bits per heavy atom. The second-order valence-corrected chi connectivity index (χ2v) is 3.33. The second-order valence-electron chi connectivity index (χ2n) is 2.88. The zero-order chi connectivity index (χ0) is 11.3. The number of alkyl halides is 3. The lowest BCUT2D eigenvalue weighted by atomic mass is 10.2. The first-order valence-electron chi connectivity index (χ1n) is 4.34. The molecule has 0 aliphatic carbocycles. The van der Waals surface area contributed by atoms with Gasteiger partial charge in [-0.05, 0) is 30.4 Å². The van der Waals surface area contributed by atoms with E-state index in [4.69, 9.17) is 0 Å². The molecule has 0 aromatic carbocycles. The van der Waals surface area contributed by atoms with Crippen molar-refractivity contribution in [3.63, 3.8) is 0 Å². The SMILES string of the molecule is FC(F)(F)c1ccnc(C=CCCS)c1. The average molecular weight is 233 g/mol. The summed E-state index contributed by atoms with van der Waals surface area (Å²) in [6.07, 6.45) is 0.861. The summed E-state index contributed by atoms with van der Waals surface area (Å²) in [5, 5.41) is 0. The minimum absolute atomic E-state index is 0.312. The topological polar surface area (TPSA) is 12.9 Å². The third-order valence-corrected chi connectivity index (χ3v) is 1.95. The number of nitrogens with zero attached hydrogens (tertiary/aromatic N) is 1. The number of allylic oxidation sites excluding steroid dienone is 1. The maximum atomic E-state index is 12.3. The summed E-state index contributed by atoms with van der Waals surface area (Å²) in [5.41, 5.74) is -0.366. The molecule has 0 aliphatic rings. The molecule has 1 aromatic rings. The van der Waals surface area contributed by atoms with Crippen LogP contribution >= 0.6 is 12.6 Å². The van der Waals surface area contributed by atoms with Crippen LogP contribution in [0.3, 0.4) is 0 Å². The maximum absolute atomic E-state index is 12.3. The van der Waals surface area contributed by atoms with E-state index >= 15 is 0 Å². The summed E-state index contributed by atoms with van der Waals surface area (Å²) in [6.45, 7) is 0. The molecule has 0 fully saturated rings. The summed E-state index contributed by atoms with van der Waals surface area (Å²) in [7, 11) is 0. The van der Waals surface area contributed by atoms with Crippen LogP contribution in [-0.4, -0.2) is 10.7 Å². The number of pyridine rings is 1. The normalized spacial score (nSPS) is 12.3. The summed E-state index contributed by atoms with van der Waals surface area (Å²) in [6, 6.07) is 1.98. The van der Waals surface area contributed by atoms with Crippen molar-refractivity contribution in [2.75, 3.05) is 5.75 Å². The van der Waals surface area contributed by atoms with Crippen molar-refractivity contribution in [2.45, 2.75) is 12.6 Å². The molecule has 0 radical (unpaired) electrons. The predicted octanol–water partition coefficient (Wildman–Crippen LogP) is 3.43. The van der Waals surface area contributed by atoms with Gasteiger partial charge in [0.2, 0.25) is 0 Å². The van der Waals surface area contributed by atoms with E-state index in [1.54, 1.807) is 12.2 Å². The quantitative estimate of drug-likeness (QED) is 0.789. The fraction of sp³-hybridized carbons (Fsp3) is 0.300. The highest BCUT2D eigenvalue weighted by Crippen LogP contribution is 2.29. The van der Waals surface area contributed by atoms with Gasteiger partial charge in [-0.3, -0.25) is 4.98 Å². The van der Waals surface area contributed by atoms with Crippen molar-refractivity contribution in [3.05, 3.63) is 35.7 Å². The van der Waals surface area contributed by atoms with Crippen LogP contribution in [0.5, 0.6) is 0 Å². The van der Waals surface area contributed by atoms with E-state index in [1.165, 1.54) is 0 Å². The van der Waals surface area contributed by atoms with Crippen LogP contribution in [0.4, 0.5) is 13.2 Å². The van der Waals surface area contributed by atoms with Crippen LogP contribution in [0.15, 0.2) is 24.4 Å². The van der Waals surface area contributed by atoms with Crippen molar-refractivity contribution in [1.82, 2.24) is 4.98 Å². The third kappa shape index (κ3) is 3.95. The van der Waals surface area contributed by atoms with Gasteiger partial charge < -0.3 is 0 Å². The Hall–Kier alpha value is -0.970. The molecule has 1 rings (SSSR count). The van der Waals surface area contributed by atoms with Crippen LogP contribution in [0.2, 0.25) is 0 Å². The molecule has 0 N–H and O–H groups in total. The van der Waals surface area contributed by atoms with Gasteiger partial charge in [0.05, 0.1) is 11.3 Å². The lowest BCUT2D eigenvalue weighted by Gasteiger charge is -2.05. The number of rotatable bonds is 3. The average Bonchev–Trinajstić information content (AvgIpc) is 2.17.